The molecule has 0 saturated carbocycles. The summed E-state index contributed by atoms with van der Waals surface area (Å²) in [4.78, 5) is 33.0. The Morgan fingerprint density at radius 3 is 2.05 bits per heavy atom. The molecule has 128 valence electrons. The number of rotatable bonds is 9. The van der Waals surface area contributed by atoms with E-state index in [9.17, 15) is 29.7 Å². The van der Waals surface area contributed by atoms with E-state index in [1.165, 1.54) is 0 Å². The zero-order valence-electron chi connectivity index (χ0n) is 11.4. The number of carboxylic acid groups (broad SMARTS) is 1. The molecule has 1 unspecified atom stereocenters. The molecule has 11 nitrogen and oxygen atoms in total. The van der Waals surface area contributed by atoms with Crippen molar-refractivity contribution in [2.24, 2.45) is 5.73 Å². The van der Waals surface area contributed by atoms with Crippen LogP contribution in [-0.2, 0) is 19.1 Å². The van der Waals surface area contributed by atoms with E-state index in [4.69, 9.17) is 21.1 Å². The maximum Gasteiger partial charge on any atom is 0.345 e. The van der Waals surface area contributed by atoms with Crippen molar-refractivity contribution >= 4 is 17.9 Å². The van der Waals surface area contributed by atoms with E-state index >= 15 is 0 Å². The summed E-state index contributed by atoms with van der Waals surface area (Å²) in [6, 6.07) is -1.33. The number of aliphatic hydroxyl groups is 5. The minimum absolute atomic E-state index is 0.314. The summed E-state index contributed by atoms with van der Waals surface area (Å²) in [7, 11) is 0. The number of hydrogen-bond acceptors (Lipinski definition) is 10. The van der Waals surface area contributed by atoms with E-state index < -0.39 is 61.4 Å². The standard InChI is InChI=1S/C11H19NO10/c12-4(10(19)20)1-2-6(15)22-11(21)9(18)8(17)7(16)5(14)3-13/h4-5,7-9,13-14,16-18H,1-3,12H2,(H,19,20)/t4?,5-,7+,8+,9-/m1/s1. The van der Waals surface area contributed by atoms with Gasteiger partial charge in [0.2, 0.25) is 0 Å². The van der Waals surface area contributed by atoms with Crippen molar-refractivity contribution in [1.29, 1.82) is 0 Å². The quantitative estimate of drug-likeness (QED) is 0.159. The van der Waals surface area contributed by atoms with E-state index in [0.717, 1.165) is 0 Å². The largest absolute Gasteiger partial charge is 0.480 e. The summed E-state index contributed by atoms with van der Waals surface area (Å²) < 4.78 is 4.14. The number of carbonyl (C=O) groups excluding carboxylic acids is 2. The van der Waals surface area contributed by atoms with Crippen molar-refractivity contribution in [2.75, 3.05) is 6.61 Å². The molecule has 0 spiro atoms. The summed E-state index contributed by atoms with van der Waals surface area (Å²) in [5, 5.41) is 54.1. The SMILES string of the molecule is NC(CCC(=O)OC(=O)[C@H](O)[C@@H](O)[C@@H](O)[C@H](O)CO)C(=O)O. The predicted octanol–water partition coefficient (Wildman–Crippen LogP) is -4.32. The highest BCUT2D eigenvalue weighted by Crippen LogP contribution is 2.08. The van der Waals surface area contributed by atoms with E-state index in [2.05, 4.69) is 4.74 Å². The van der Waals surface area contributed by atoms with Gasteiger partial charge in [-0.05, 0) is 6.42 Å². The second-order valence-electron chi connectivity index (χ2n) is 4.45. The molecular formula is C11H19NO10. The Balaban J connectivity index is 4.40. The molecule has 0 bridgehead atoms. The summed E-state index contributed by atoms with van der Waals surface area (Å²) >= 11 is 0. The number of aliphatic hydroxyl groups excluding tert-OH is 5. The molecule has 0 aromatic heterocycles. The molecule has 11 heteroatoms. The molecule has 0 aromatic carbocycles. The van der Waals surface area contributed by atoms with Crippen LogP contribution >= 0.6 is 0 Å². The third kappa shape index (κ3) is 6.43. The van der Waals surface area contributed by atoms with Gasteiger partial charge in [-0.25, -0.2) is 4.79 Å². The number of esters is 2. The van der Waals surface area contributed by atoms with E-state index in [1.54, 1.807) is 0 Å². The van der Waals surface area contributed by atoms with E-state index in [-0.39, 0.29) is 6.42 Å². The number of carbonyl (C=O) groups is 3. The van der Waals surface area contributed by atoms with Gasteiger partial charge >= 0.3 is 17.9 Å². The first kappa shape index (κ1) is 20.4. The van der Waals surface area contributed by atoms with Gasteiger partial charge in [-0.3, -0.25) is 9.59 Å². The first-order chi connectivity index (χ1) is 10.1. The van der Waals surface area contributed by atoms with Crippen LogP contribution in [0.25, 0.3) is 0 Å². The Hall–Kier alpha value is -1.63. The summed E-state index contributed by atoms with van der Waals surface area (Å²) in [6.45, 7) is -0.938. The average Bonchev–Trinajstić information content (AvgIpc) is 2.48. The lowest BCUT2D eigenvalue weighted by atomic mass is 10.0. The summed E-state index contributed by atoms with van der Waals surface area (Å²) in [5.74, 6) is -4.15. The zero-order valence-corrected chi connectivity index (χ0v) is 11.4. The second kappa shape index (κ2) is 9.40. The second-order valence-corrected chi connectivity index (χ2v) is 4.45. The van der Waals surface area contributed by atoms with Crippen molar-refractivity contribution in [3.8, 4) is 0 Å². The maximum atomic E-state index is 11.3. The van der Waals surface area contributed by atoms with Gasteiger partial charge in [-0.2, -0.15) is 0 Å². The fourth-order valence-corrected chi connectivity index (χ4v) is 1.28. The van der Waals surface area contributed by atoms with Crippen molar-refractivity contribution < 1.29 is 49.8 Å². The van der Waals surface area contributed by atoms with Crippen molar-refractivity contribution in [2.45, 2.75) is 43.3 Å². The normalized spacial score (nSPS) is 17.9. The molecule has 0 aliphatic carbocycles. The fraction of sp³-hybridized carbons (Fsp3) is 0.727. The molecule has 0 amide bonds. The van der Waals surface area contributed by atoms with Crippen molar-refractivity contribution in [3.63, 3.8) is 0 Å². The van der Waals surface area contributed by atoms with Gasteiger partial charge in [0.1, 0.15) is 24.4 Å². The highest BCUT2D eigenvalue weighted by molar-refractivity contribution is 5.88. The monoisotopic (exact) mass is 325 g/mol. The molecular weight excluding hydrogens is 306 g/mol. The van der Waals surface area contributed by atoms with Crippen LogP contribution in [0.2, 0.25) is 0 Å². The molecule has 5 atom stereocenters. The van der Waals surface area contributed by atoms with Crippen LogP contribution in [-0.4, -0.2) is 85.6 Å². The van der Waals surface area contributed by atoms with Gasteiger partial charge in [0.15, 0.2) is 6.10 Å². The molecule has 0 saturated heterocycles. The molecule has 0 aromatic rings. The molecule has 0 fully saturated rings. The Morgan fingerprint density at radius 1 is 1.05 bits per heavy atom. The Morgan fingerprint density at radius 2 is 1.59 bits per heavy atom. The molecule has 22 heavy (non-hydrogen) atoms. The molecule has 0 rings (SSSR count). The average molecular weight is 325 g/mol. The highest BCUT2D eigenvalue weighted by atomic mass is 16.6. The summed E-state index contributed by atoms with van der Waals surface area (Å²) in [6.07, 6.45) is -9.27. The third-order valence-electron chi connectivity index (χ3n) is 2.69. The molecule has 0 heterocycles. The lowest BCUT2D eigenvalue weighted by Crippen LogP contribution is -2.49. The van der Waals surface area contributed by atoms with Crippen LogP contribution in [0.5, 0.6) is 0 Å². The van der Waals surface area contributed by atoms with Crippen LogP contribution in [0.15, 0.2) is 0 Å². The van der Waals surface area contributed by atoms with Gasteiger partial charge in [0.05, 0.1) is 6.61 Å². The molecule has 0 radical (unpaired) electrons. The number of nitrogens with two attached hydrogens (primary N) is 1. The fourth-order valence-electron chi connectivity index (χ4n) is 1.28. The first-order valence-electron chi connectivity index (χ1n) is 6.17. The van der Waals surface area contributed by atoms with Crippen molar-refractivity contribution in [3.05, 3.63) is 0 Å². The topological polar surface area (TPSA) is 208 Å². The third-order valence-corrected chi connectivity index (χ3v) is 2.69. The van der Waals surface area contributed by atoms with Gasteiger partial charge in [-0.1, -0.05) is 0 Å². The minimum atomic E-state index is -2.35. The zero-order chi connectivity index (χ0) is 17.4. The van der Waals surface area contributed by atoms with Crippen LogP contribution in [0, 0.1) is 0 Å². The minimum Gasteiger partial charge on any atom is -0.480 e. The van der Waals surface area contributed by atoms with Gasteiger partial charge in [-0.15, -0.1) is 0 Å². The van der Waals surface area contributed by atoms with Gasteiger partial charge < -0.3 is 41.1 Å². The predicted molar refractivity (Wildman–Crippen MR) is 67.1 cm³/mol. The molecule has 0 aliphatic heterocycles. The molecule has 8 N–H and O–H groups in total. The lowest BCUT2D eigenvalue weighted by Gasteiger charge is -2.24. The Labute approximate surface area is 124 Å². The number of aliphatic carboxylic acids is 1. The van der Waals surface area contributed by atoms with E-state index in [1.807, 2.05) is 0 Å². The van der Waals surface area contributed by atoms with Crippen LogP contribution in [0.3, 0.4) is 0 Å². The van der Waals surface area contributed by atoms with Crippen LogP contribution in [0.1, 0.15) is 12.8 Å². The number of ether oxygens (including phenoxy) is 1. The number of hydrogen-bond donors (Lipinski definition) is 7. The maximum absolute atomic E-state index is 11.3. The van der Waals surface area contributed by atoms with E-state index in [0.29, 0.717) is 0 Å². The van der Waals surface area contributed by atoms with Crippen LogP contribution < -0.4 is 5.73 Å². The summed E-state index contributed by atoms with van der Waals surface area (Å²) in [5.41, 5.74) is 5.13. The first-order valence-corrected chi connectivity index (χ1v) is 6.17. The van der Waals surface area contributed by atoms with Gasteiger partial charge in [0, 0.05) is 6.42 Å². The highest BCUT2D eigenvalue weighted by Gasteiger charge is 2.36. The smallest absolute Gasteiger partial charge is 0.345 e. The number of carboxylic acids is 1. The Bertz CT molecular complexity index is 400. The van der Waals surface area contributed by atoms with Crippen molar-refractivity contribution in [1.82, 2.24) is 0 Å². The molecule has 0 aliphatic rings. The van der Waals surface area contributed by atoms with Crippen LogP contribution in [0.4, 0.5) is 0 Å². The van der Waals surface area contributed by atoms with Gasteiger partial charge in [0.25, 0.3) is 0 Å². The lowest BCUT2D eigenvalue weighted by molar-refractivity contribution is -0.176. The Kier molecular flexibility index (Phi) is 8.70.